The van der Waals surface area contributed by atoms with Crippen molar-refractivity contribution in [3.63, 3.8) is 0 Å². The Morgan fingerprint density at radius 3 is 1.47 bits per heavy atom. The Balaban J connectivity index is 1.75. The molecule has 4 aliphatic heterocycles. The molecule has 2 amide bonds. The fourth-order valence-electron chi connectivity index (χ4n) is 6.46. The van der Waals surface area contributed by atoms with Crippen LogP contribution < -0.4 is 4.90 Å². The van der Waals surface area contributed by atoms with Gasteiger partial charge >= 0.3 is 12.4 Å². The molecule has 0 bridgehead atoms. The zero-order chi connectivity index (χ0) is 26.6. The molecule has 13 heteroatoms. The normalized spacial score (nSPS) is 36.7. The molecule has 0 aromatic heterocycles. The highest BCUT2D eigenvalue weighted by atomic mass is 31.2. The van der Waals surface area contributed by atoms with Crippen molar-refractivity contribution in [2.24, 2.45) is 0 Å². The fraction of sp³-hybridized carbons (Fsp3) is 0.565. The Kier molecular flexibility index (Phi) is 5.60. The first-order valence-electron chi connectivity index (χ1n) is 11.6. The van der Waals surface area contributed by atoms with Crippen molar-refractivity contribution >= 4 is 31.8 Å². The summed E-state index contributed by atoms with van der Waals surface area (Å²) >= 11 is 0. The summed E-state index contributed by atoms with van der Waals surface area (Å²) in [5.41, 5.74) is -6.32. The van der Waals surface area contributed by atoms with Crippen LogP contribution in [-0.2, 0) is 31.1 Å². The van der Waals surface area contributed by atoms with Crippen molar-refractivity contribution < 1.29 is 45.1 Å². The van der Waals surface area contributed by atoms with Gasteiger partial charge in [0.2, 0.25) is 0 Å². The first kappa shape index (κ1) is 25.8. The molecule has 0 N–H and O–H groups in total. The number of imide groups is 1. The second-order valence-electron chi connectivity index (χ2n) is 10.2. The van der Waals surface area contributed by atoms with Gasteiger partial charge in [0.05, 0.1) is 27.4 Å². The van der Waals surface area contributed by atoms with Gasteiger partial charge in [-0.2, -0.15) is 26.3 Å². The highest BCUT2D eigenvalue weighted by molar-refractivity contribution is 7.76. The monoisotopic (exact) mass is 553 g/mol. The van der Waals surface area contributed by atoms with Crippen molar-refractivity contribution in [2.75, 3.05) is 4.90 Å². The van der Waals surface area contributed by atoms with Crippen LogP contribution in [0.25, 0.3) is 0 Å². The number of alkyl halides is 6. The van der Waals surface area contributed by atoms with Crippen molar-refractivity contribution in [2.45, 2.75) is 80.9 Å². The van der Waals surface area contributed by atoms with Crippen LogP contribution in [0, 0.1) is 0 Å². The van der Waals surface area contributed by atoms with Crippen molar-refractivity contribution in [1.82, 2.24) is 0 Å². The molecule has 1 aromatic rings. The van der Waals surface area contributed by atoms with Crippen LogP contribution in [0.5, 0.6) is 0 Å². The first-order valence-corrected chi connectivity index (χ1v) is 15.3. The largest absolute Gasteiger partial charge is 0.416 e. The quantitative estimate of drug-likeness (QED) is 0.213. The third-order valence-corrected chi connectivity index (χ3v) is 17.0. The van der Waals surface area contributed by atoms with E-state index in [2.05, 4.69) is 0 Å². The molecule has 5 nitrogen and oxygen atoms in total. The molecule has 2 saturated heterocycles. The lowest BCUT2D eigenvalue weighted by atomic mass is 10.1. The second kappa shape index (κ2) is 7.83. The Labute approximate surface area is 203 Å². The van der Waals surface area contributed by atoms with Gasteiger partial charge in [-0.3, -0.25) is 9.59 Å². The number of halogens is 6. The zero-order valence-electron chi connectivity index (χ0n) is 19.3. The number of nitrogens with zero attached hydrogens (tertiary/aromatic N) is 1. The van der Waals surface area contributed by atoms with E-state index in [1.807, 2.05) is 0 Å². The van der Waals surface area contributed by atoms with E-state index in [4.69, 9.17) is 0 Å². The Bertz CT molecular complexity index is 1220. The van der Waals surface area contributed by atoms with Crippen LogP contribution in [0.3, 0.4) is 0 Å². The first-order chi connectivity index (χ1) is 16.5. The van der Waals surface area contributed by atoms with Gasteiger partial charge in [-0.1, -0.05) is 13.8 Å². The highest BCUT2D eigenvalue weighted by Crippen LogP contribution is 2.82. The second-order valence-corrected chi connectivity index (χ2v) is 17.2. The third-order valence-electron chi connectivity index (χ3n) is 8.34. The number of hydrogen-bond acceptors (Lipinski definition) is 4. The van der Waals surface area contributed by atoms with Crippen LogP contribution in [0.15, 0.2) is 28.8 Å². The molecule has 0 radical (unpaired) electrons. The summed E-state index contributed by atoms with van der Waals surface area (Å²) in [6.45, 7) is 3.33. The van der Waals surface area contributed by atoms with Crippen LogP contribution in [0.2, 0.25) is 0 Å². The SMILES string of the molecule is CC1CCC2CC3CCC(C)P3(=O)C3=C(C(=O)N(c4cc(C(F)(F)F)cc(C(F)(F)F)c4)C3=O)P12=O. The molecule has 6 unspecified atom stereocenters. The number of carbonyl (C=O) groups excluding carboxylic acids is 2. The van der Waals surface area contributed by atoms with Crippen LogP contribution in [-0.4, -0.2) is 34.5 Å². The van der Waals surface area contributed by atoms with Crippen molar-refractivity contribution in [3.8, 4) is 0 Å². The van der Waals surface area contributed by atoms with E-state index >= 15 is 0 Å². The topological polar surface area (TPSA) is 71.5 Å². The van der Waals surface area contributed by atoms with E-state index in [0.717, 1.165) is 0 Å². The maximum absolute atomic E-state index is 14.5. The minimum atomic E-state index is -5.19. The summed E-state index contributed by atoms with van der Waals surface area (Å²) in [5, 5.41) is -0.791. The van der Waals surface area contributed by atoms with Gasteiger partial charge in [0.1, 0.15) is 14.3 Å². The van der Waals surface area contributed by atoms with Crippen molar-refractivity contribution in [1.29, 1.82) is 0 Å². The maximum Gasteiger partial charge on any atom is 0.416 e. The Morgan fingerprint density at radius 2 is 1.11 bits per heavy atom. The van der Waals surface area contributed by atoms with Crippen LogP contribution >= 0.6 is 14.3 Å². The van der Waals surface area contributed by atoms with Gasteiger partial charge in [-0.25, -0.2) is 4.90 Å². The molecule has 1 aromatic carbocycles. The lowest BCUT2D eigenvalue weighted by Crippen LogP contribution is -2.34. The lowest BCUT2D eigenvalue weighted by molar-refractivity contribution is -0.143. The molecule has 4 aliphatic rings. The summed E-state index contributed by atoms with van der Waals surface area (Å²) in [5.74, 6) is -2.42. The van der Waals surface area contributed by atoms with Crippen LogP contribution in [0.4, 0.5) is 32.0 Å². The number of carbonyl (C=O) groups is 2. The molecule has 36 heavy (non-hydrogen) atoms. The van der Waals surface area contributed by atoms with E-state index in [1.165, 1.54) is 0 Å². The number of rotatable bonds is 1. The minimum Gasteiger partial charge on any atom is -0.318 e. The molecular weight excluding hydrogens is 530 g/mol. The van der Waals surface area contributed by atoms with E-state index in [0.29, 0.717) is 44.2 Å². The average Bonchev–Trinajstić information content (AvgIpc) is 3.30. The average molecular weight is 553 g/mol. The van der Waals surface area contributed by atoms with Gasteiger partial charge in [-0.05, 0) is 50.3 Å². The minimum absolute atomic E-state index is 0.0960. The van der Waals surface area contributed by atoms with E-state index < -0.39 is 88.5 Å². The van der Waals surface area contributed by atoms with Gasteiger partial charge in [0.15, 0.2) is 0 Å². The van der Waals surface area contributed by atoms with Gasteiger partial charge in [0.25, 0.3) is 11.8 Å². The highest BCUT2D eigenvalue weighted by Gasteiger charge is 2.64. The van der Waals surface area contributed by atoms with Gasteiger partial charge in [0, 0.05) is 22.6 Å². The summed E-state index contributed by atoms with van der Waals surface area (Å²) in [7, 11) is -7.25. The van der Waals surface area contributed by atoms with Gasteiger partial charge in [-0.15, -0.1) is 0 Å². The molecule has 196 valence electrons. The number of anilines is 1. The predicted molar refractivity (Wildman–Crippen MR) is 121 cm³/mol. The summed E-state index contributed by atoms with van der Waals surface area (Å²) in [6, 6.07) is 0.504. The fourth-order valence-corrected chi connectivity index (χ4v) is 15.5. The molecule has 0 spiro atoms. The number of amides is 2. The molecule has 0 saturated carbocycles. The third kappa shape index (κ3) is 3.37. The van der Waals surface area contributed by atoms with E-state index in [9.17, 15) is 45.1 Å². The summed E-state index contributed by atoms with van der Waals surface area (Å²) in [6.07, 6.45) is -8.08. The Morgan fingerprint density at radius 1 is 0.722 bits per heavy atom. The predicted octanol–water partition coefficient (Wildman–Crippen LogP) is 7.04. The number of benzene rings is 1. The molecule has 5 rings (SSSR count). The molecule has 2 fully saturated rings. The van der Waals surface area contributed by atoms with Crippen molar-refractivity contribution in [3.05, 3.63) is 40.0 Å². The standard InChI is InChI=1S/C23H23F6NO4P2/c1-11-3-5-16-10-17-6-4-12(2)36(17,34)19-18(35(11,16)33)20(31)30(21(19)32)15-8-13(22(24,25)26)7-14(9-15)23(27,28)29/h7-9,11-12,16-17H,3-6,10H2,1-2H3. The van der Waals surface area contributed by atoms with E-state index in [1.54, 1.807) is 13.8 Å². The van der Waals surface area contributed by atoms with Crippen LogP contribution in [0.1, 0.15) is 57.1 Å². The number of fused-ring (bicyclic) bond motifs is 4. The Hall–Kier alpha value is -1.86. The molecule has 6 atom stereocenters. The summed E-state index contributed by atoms with van der Waals surface area (Å²) < 4.78 is 110. The van der Waals surface area contributed by atoms with Gasteiger partial charge < -0.3 is 9.13 Å². The zero-order valence-corrected chi connectivity index (χ0v) is 21.1. The molecular formula is C23H23F6NO4P2. The lowest BCUT2D eigenvalue weighted by Gasteiger charge is -2.27. The smallest absolute Gasteiger partial charge is 0.318 e. The molecule has 0 aliphatic carbocycles. The molecule has 4 heterocycles. The number of hydrogen-bond donors (Lipinski definition) is 0. The maximum atomic E-state index is 14.5. The van der Waals surface area contributed by atoms with E-state index in [-0.39, 0.29) is 11.0 Å². The summed E-state index contributed by atoms with van der Waals surface area (Å²) in [4.78, 5) is 27.7.